The number of carbonyl (C=O) groups excluding carboxylic acids is 1. The first-order chi connectivity index (χ1) is 13.5. The van der Waals surface area contributed by atoms with E-state index >= 15 is 0 Å². The summed E-state index contributed by atoms with van der Waals surface area (Å²) in [6, 6.07) is 5.41. The molecule has 1 N–H and O–H groups in total. The summed E-state index contributed by atoms with van der Waals surface area (Å²) >= 11 is 0. The van der Waals surface area contributed by atoms with Gasteiger partial charge in [-0.25, -0.2) is 4.79 Å². The fraction of sp³-hybridized carbons (Fsp3) is 0.500. The molecule has 0 unspecified atom stereocenters. The Labute approximate surface area is 171 Å². The van der Waals surface area contributed by atoms with Crippen molar-refractivity contribution in [3.63, 3.8) is 0 Å². The predicted octanol–water partition coefficient (Wildman–Crippen LogP) is 4.28. The summed E-state index contributed by atoms with van der Waals surface area (Å²) in [7, 11) is 1.91. The maximum Gasteiger partial charge on any atom is 0.408 e. The molecule has 1 aliphatic rings. The van der Waals surface area contributed by atoms with Crippen LogP contribution in [0.2, 0.25) is 0 Å². The van der Waals surface area contributed by atoms with Gasteiger partial charge in [-0.3, -0.25) is 14.4 Å². The van der Waals surface area contributed by atoms with Crippen molar-refractivity contribution in [2.75, 3.05) is 4.90 Å². The van der Waals surface area contributed by atoms with Gasteiger partial charge in [-0.05, 0) is 64.3 Å². The molecule has 0 saturated heterocycles. The Balaban J connectivity index is 2.24. The number of hydrogen-bond acceptors (Lipinski definition) is 3. The molecule has 2 heterocycles. The Morgan fingerprint density at radius 2 is 1.93 bits per heavy atom. The lowest BCUT2D eigenvalue weighted by Gasteiger charge is -2.43. The first kappa shape index (κ1) is 20.9. The van der Waals surface area contributed by atoms with Crippen molar-refractivity contribution in [1.82, 2.24) is 14.7 Å². The van der Waals surface area contributed by atoms with Gasteiger partial charge < -0.3 is 10.0 Å². The molecular formula is C22H30N4O3. The fourth-order valence-electron chi connectivity index (χ4n) is 4.64. The Bertz CT molecular complexity index is 963. The third kappa shape index (κ3) is 3.50. The van der Waals surface area contributed by atoms with E-state index < -0.39 is 6.09 Å². The highest BCUT2D eigenvalue weighted by Gasteiger charge is 2.38. The van der Waals surface area contributed by atoms with Crippen molar-refractivity contribution in [3.05, 3.63) is 35.2 Å². The monoisotopic (exact) mass is 398 g/mol. The van der Waals surface area contributed by atoms with E-state index in [4.69, 9.17) is 0 Å². The van der Waals surface area contributed by atoms with Crippen molar-refractivity contribution in [1.29, 1.82) is 0 Å². The maximum absolute atomic E-state index is 12.4. The van der Waals surface area contributed by atoms with Gasteiger partial charge >= 0.3 is 6.09 Å². The molecule has 2 atom stereocenters. The van der Waals surface area contributed by atoms with Crippen molar-refractivity contribution < 1.29 is 14.7 Å². The number of hydrogen-bond donors (Lipinski definition) is 1. The number of amides is 2. The maximum atomic E-state index is 12.4. The lowest BCUT2D eigenvalue weighted by molar-refractivity contribution is -0.117. The van der Waals surface area contributed by atoms with Gasteiger partial charge in [0, 0.05) is 43.0 Å². The second-order valence-corrected chi connectivity index (χ2v) is 8.22. The molecule has 7 heteroatoms. The molecular weight excluding hydrogens is 368 g/mol. The van der Waals surface area contributed by atoms with Crippen molar-refractivity contribution in [2.24, 2.45) is 7.05 Å². The highest BCUT2D eigenvalue weighted by Crippen LogP contribution is 2.43. The summed E-state index contributed by atoms with van der Waals surface area (Å²) in [6.07, 6.45) is -0.385. The summed E-state index contributed by atoms with van der Waals surface area (Å²) in [5.41, 5.74) is 5.67. The molecule has 1 aromatic heterocycles. The van der Waals surface area contributed by atoms with Gasteiger partial charge in [-0.1, -0.05) is 6.07 Å². The Hall–Kier alpha value is -2.83. The zero-order valence-corrected chi connectivity index (χ0v) is 18.2. The molecule has 0 bridgehead atoms. The molecule has 2 amide bonds. The molecule has 1 aliphatic heterocycles. The smallest absolute Gasteiger partial charge is 0.408 e. The molecule has 156 valence electrons. The van der Waals surface area contributed by atoms with E-state index in [0.29, 0.717) is 6.42 Å². The second kappa shape index (κ2) is 7.54. The summed E-state index contributed by atoms with van der Waals surface area (Å²) in [6.45, 7) is 11.3. The Kier molecular flexibility index (Phi) is 5.43. The standard InChI is InChI=1S/C22H30N4O3/c1-12(2)25(22(28)29)20-10-13(3)26(16(6)27)19-9-8-17(11-18(19)20)21-14(4)23-24(7)15(21)5/h8-9,11-13,20H,10H2,1-7H3,(H,28,29)/t13-,20+/m0/s1. The fourth-order valence-corrected chi connectivity index (χ4v) is 4.64. The van der Waals surface area contributed by atoms with E-state index in [2.05, 4.69) is 5.10 Å². The SMILES string of the molecule is CC(=O)N1c2ccc(-c3c(C)nn(C)c3C)cc2[C@H](N(C(=O)O)C(C)C)C[C@@H]1C. The van der Waals surface area contributed by atoms with E-state index in [0.717, 1.165) is 33.8 Å². The van der Waals surface area contributed by atoms with Crippen molar-refractivity contribution in [2.45, 2.75) is 66.1 Å². The second-order valence-electron chi connectivity index (χ2n) is 8.22. The van der Waals surface area contributed by atoms with Crippen LogP contribution in [0.5, 0.6) is 0 Å². The van der Waals surface area contributed by atoms with Gasteiger partial charge in [0.2, 0.25) is 5.91 Å². The van der Waals surface area contributed by atoms with Crippen LogP contribution in [0.3, 0.4) is 0 Å². The number of anilines is 1. The number of aromatic nitrogens is 2. The van der Waals surface area contributed by atoms with E-state index in [9.17, 15) is 14.7 Å². The summed E-state index contributed by atoms with van der Waals surface area (Å²) in [5.74, 6) is -0.0369. The van der Waals surface area contributed by atoms with Crippen molar-refractivity contribution in [3.8, 4) is 11.1 Å². The first-order valence-corrected chi connectivity index (χ1v) is 10.00. The molecule has 0 radical (unpaired) electrons. The number of aryl methyl sites for hydroxylation is 2. The van der Waals surface area contributed by atoms with Crippen LogP contribution in [0.1, 0.15) is 57.1 Å². The van der Waals surface area contributed by atoms with Gasteiger partial charge in [0.15, 0.2) is 0 Å². The lowest BCUT2D eigenvalue weighted by Crippen LogP contribution is -2.48. The lowest BCUT2D eigenvalue weighted by atomic mass is 9.87. The number of benzene rings is 1. The third-order valence-corrected chi connectivity index (χ3v) is 5.90. The van der Waals surface area contributed by atoms with Crippen LogP contribution < -0.4 is 4.90 Å². The average Bonchev–Trinajstić information content (AvgIpc) is 2.86. The average molecular weight is 399 g/mol. The first-order valence-electron chi connectivity index (χ1n) is 10.00. The largest absolute Gasteiger partial charge is 0.465 e. The van der Waals surface area contributed by atoms with Crippen LogP contribution in [-0.4, -0.2) is 43.9 Å². The van der Waals surface area contributed by atoms with E-state index in [1.807, 2.05) is 64.5 Å². The van der Waals surface area contributed by atoms with Crippen LogP contribution in [-0.2, 0) is 11.8 Å². The van der Waals surface area contributed by atoms with Crippen molar-refractivity contribution >= 4 is 17.7 Å². The molecule has 0 fully saturated rings. The van der Waals surface area contributed by atoms with Crippen LogP contribution >= 0.6 is 0 Å². The zero-order valence-electron chi connectivity index (χ0n) is 18.2. The molecule has 0 aliphatic carbocycles. The quantitative estimate of drug-likeness (QED) is 0.837. The van der Waals surface area contributed by atoms with Crippen LogP contribution in [0.4, 0.5) is 10.5 Å². The van der Waals surface area contributed by atoms with Gasteiger partial charge in [0.25, 0.3) is 0 Å². The Morgan fingerprint density at radius 1 is 1.28 bits per heavy atom. The highest BCUT2D eigenvalue weighted by atomic mass is 16.4. The molecule has 0 saturated carbocycles. The molecule has 2 aromatic rings. The Morgan fingerprint density at radius 3 is 2.41 bits per heavy atom. The number of nitrogens with zero attached hydrogens (tertiary/aromatic N) is 4. The molecule has 0 spiro atoms. The molecule has 29 heavy (non-hydrogen) atoms. The van der Waals surface area contributed by atoms with E-state index in [-0.39, 0.29) is 24.0 Å². The van der Waals surface area contributed by atoms with Crippen LogP contribution in [0.25, 0.3) is 11.1 Å². The van der Waals surface area contributed by atoms with Gasteiger partial charge in [-0.2, -0.15) is 5.10 Å². The number of rotatable bonds is 3. The van der Waals surface area contributed by atoms with Gasteiger partial charge in [0.05, 0.1) is 11.7 Å². The number of carboxylic acid groups (broad SMARTS) is 1. The summed E-state index contributed by atoms with van der Waals surface area (Å²) in [5, 5.41) is 14.4. The normalized spacial score (nSPS) is 18.7. The van der Waals surface area contributed by atoms with Gasteiger partial charge in [-0.15, -0.1) is 0 Å². The minimum atomic E-state index is -0.946. The highest BCUT2D eigenvalue weighted by molar-refractivity contribution is 5.94. The molecule has 1 aromatic carbocycles. The zero-order chi connectivity index (χ0) is 21.6. The minimum absolute atomic E-state index is 0.0369. The van der Waals surface area contributed by atoms with Crippen LogP contribution in [0, 0.1) is 13.8 Å². The summed E-state index contributed by atoms with van der Waals surface area (Å²) < 4.78 is 1.85. The molecule has 7 nitrogen and oxygen atoms in total. The van der Waals surface area contributed by atoms with Gasteiger partial charge in [0.1, 0.15) is 0 Å². The number of fused-ring (bicyclic) bond motifs is 1. The van der Waals surface area contributed by atoms with E-state index in [1.165, 1.54) is 4.90 Å². The van der Waals surface area contributed by atoms with E-state index in [1.54, 1.807) is 11.8 Å². The number of carbonyl (C=O) groups is 2. The minimum Gasteiger partial charge on any atom is -0.465 e. The third-order valence-electron chi connectivity index (χ3n) is 5.90. The summed E-state index contributed by atoms with van der Waals surface area (Å²) in [4.78, 5) is 27.7. The topological polar surface area (TPSA) is 78.7 Å². The van der Waals surface area contributed by atoms with Crippen LogP contribution in [0.15, 0.2) is 18.2 Å². The molecule has 3 rings (SSSR count). The predicted molar refractivity (Wildman–Crippen MR) is 113 cm³/mol.